The maximum Gasteiger partial charge on any atom is 0.322 e. The zero-order chi connectivity index (χ0) is 22.9. The van der Waals surface area contributed by atoms with Crippen molar-refractivity contribution in [2.75, 3.05) is 23.8 Å². The van der Waals surface area contributed by atoms with E-state index in [2.05, 4.69) is 31.7 Å². The van der Waals surface area contributed by atoms with Gasteiger partial charge in [0.25, 0.3) is 0 Å². The van der Waals surface area contributed by atoms with Crippen LogP contribution in [0.1, 0.15) is 5.56 Å². The van der Waals surface area contributed by atoms with E-state index in [0.717, 1.165) is 41.4 Å². The number of nitrogens with zero attached hydrogens (tertiary/aromatic N) is 4. The second-order valence-corrected chi connectivity index (χ2v) is 8.84. The van der Waals surface area contributed by atoms with Gasteiger partial charge in [-0.15, -0.1) is 0 Å². The van der Waals surface area contributed by atoms with E-state index < -0.39 is 0 Å². The van der Waals surface area contributed by atoms with Gasteiger partial charge in [0, 0.05) is 30.4 Å². The molecule has 3 heterocycles. The summed E-state index contributed by atoms with van der Waals surface area (Å²) in [6.45, 7) is 1.89. The van der Waals surface area contributed by atoms with E-state index in [-0.39, 0.29) is 6.01 Å². The van der Waals surface area contributed by atoms with Gasteiger partial charge in [-0.2, -0.15) is 0 Å². The Kier molecular flexibility index (Phi) is 6.16. The zero-order valence-corrected chi connectivity index (χ0v) is 19.7. The number of hydrogen-bond donors (Lipinski definition) is 2. The molecule has 0 spiro atoms. The summed E-state index contributed by atoms with van der Waals surface area (Å²) >= 11 is 18.7. The molecule has 2 aromatic heterocycles. The van der Waals surface area contributed by atoms with Gasteiger partial charge in [0.05, 0.1) is 52.7 Å². The monoisotopic (exact) mass is 504 g/mol. The quantitative estimate of drug-likeness (QED) is 0.341. The van der Waals surface area contributed by atoms with E-state index in [4.69, 9.17) is 44.3 Å². The topological polar surface area (TPSA) is 86.1 Å². The fraction of sp³-hybridized carbons (Fsp3) is 0.227. The van der Waals surface area contributed by atoms with Crippen molar-refractivity contribution >= 4 is 57.5 Å². The van der Waals surface area contributed by atoms with Gasteiger partial charge in [-0.3, -0.25) is 0 Å². The van der Waals surface area contributed by atoms with Crippen LogP contribution in [0.25, 0.3) is 11.0 Å². The third kappa shape index (κ3) is 4.79. The summed E-state index contributed by atoms with van der Waals surface area (Å²) in [7, 11) is 1.96. The molecule has 2 aromatic carbocycles. The van der Waals surface area contributed by atoms with Crippen LogP contribution in [-0.2, 0) is 18.3 Å². The number of ether oxygens (including phenoxy) is 2. The number of hydrogen-bond acceptors (Lipinski definition) is 7. The van der Waals surface area contributed by atoms with Gasteiger partial charge in [0.1, 0.15) is 0 Å². The maximum absolute atomic E-state index is 6.48. The smallest absolute Gasteiger partial charge is 0.322 e. The number of aromatic nitrogens is 4. The fourth-order valence-electron chi connectivity index (χ4n) is 3.40. The molecule has 1 aliphatic rings. The standard InChI is InChI=1S/C22H19Cl3N6O2/c1-31-19-5-14(29-15-10-32-11-15)2-3-18(19)30-21(31)26-7-12-4-17(25)20(6-16(12)24)33-22-27-8-13(23)9-28-22/h2-6,8-9,15,29H,7,10-11H2,1H3,(H,26,30). The van der Waals surface area contributed by atoms with Crippen LogP contribution < -0.4 is 15.4 Å². The van der Waals surface area contributed by atoms with Crippen LogP contribution in [0.4, 0.5) is 11.6 Å². The van der Waals surface area contributed by atoms with Crippen LogP contribution in [-0.4, -0.2) is 38.8 Å². The van der Waals surface area contributed by atoms with Gasteiger partial charge in [-0.05, 0) is 29.8 Å². The second-order valence-electron chi connectivity index (χ2n) is 7.59. The van der Waals surface area contributed by atoms with E-state index in [1.54, 1.807) is 12.1 Å². The molecule has 1 saturated heterocycles. The van der Waals surface area contributed by atoms with Crippen LogP contribution in [0, 0.1) is 0 Å². The highest BCUT2D eigenvalue weighted by molar-refractivity contribution is 6.34. The lowest BCUT2D eigenvalue weighted by molar-refractivity contribution is 0.0211. The number of aryl methyl sites for hydroxylation is 1. The molecule has 4 aromatic rings. The zero-order valence-electron chi connectivity index (χ0n) is 17.5. The second kappa shape index (κ2) is 9.23. The molecule has 0 radical (unpaired) electrons. The first-order chi connectivity index (χ1) is 16.0. The minimum absolute atomic E-state index is 0.127. The Labute approximate surface area is 204 Å². The normalized spacial score (nSPS) is 13.7. The molecule has 0 aliphatic carbocycles. The molecule has 8 nitrogen and oxygen atoms in total. The Bertz CT molecular complexity index is 1310. The van der Waals surface area contributed by atoms with Crippen molar-refractivity contribution in [2.45, 2.75) is 12.6 Å². The van der Waals surface area contributed by atoms with Crippen molar-refractivity contribution in [1.82, 2.24) is 19.5 Å². The van der Waals surface area contributed by atoms with Crippen LogP contribution >= 0.6 is 34.8 Å². The Morgan fingerprint density at radius 2 is 1.88 bits per heavy atom. The SMILES string of the molecule is Cn1c(NCc2cc(Cl)c(Oc3ncc(Cl)cn3)cc2Cl)nc2ccc(NC3COC3)cc21. The summed E-state index contributed by atoms with van der Waals surface area (Å²) in [5.41, 5.74) is 3.75. The largest absolute Gasteiger partial charge is 0.423 e. The van der Waals surface area contributed by atoms with E-state index in [0.29, 0.717) is 33.4 Å². The van der Waals surface area contributed by atoms with Crippen LogP contribution in [0.2, 0.25) is 15.1 Å². The van der Waals surface area contributed by atoms with Crippen LogP contribution in [0.15, 0.2) is 42.7 Å². The molecule has 1 fully saturated rings. The summed E-state index contributed by atoms with van der Waals surface area (Å²) in [5.74, 6) is 1.07. The first-order valence-corrected chi connectivity index (χ1v) is 11.3. The van der Waals surface area contributed by atoms with Crippen molar-refractivity contribution < 1.29 is 9.47 Å². The van der Waals surface area contributed by atoms with Crippen molar-refractivity contribution in [3.63, 3.8) is 0 Å². The van der Waals surface area contributed by atoms with Crippen molar-refractivity contribution in [2.24, 2.45) is 7.05 Å². The maximum atomic E-state index is 6.48. The molecule has 0 saturated carbocycles. The van der Waals surface area contributed by atoms with E-state index in [9.17, 15) is 0 Å². The Balaban J connectivity index is 1.30. The number of halogens is 3. The van der Waals surface area contributed by atoms with Crippen LogP contribution in [0.3, 0.4) is 0 Å². The summed E-state index contributed by atoms with van der Waals surface area (Å²) in [5, 5.41) is 8.08. The highest BCUT2D eigenvalue weighted by atomic mass is 35.5. The summed E-state index contributed by atoms with van der Waals surface area (Å²) in [6.07, 6.45) is 2.88. The summed E-state index contributed by atoms with van der Waals surface area (Å²) in [6, 6.07) is 9.97. The molecule has 0 unspecified atom stereocenters. The molecule has 11 heteroatoms. The van der Waals surface area contributed by atoms with Gasteiger partial charge < -0.3 is 24.7 Å². The lowest BCUT2D eigenvalue weighted by Crippen LogP contribution is -2.40. The predicted octanol–water partition coefficient (Wildman–Crippen LogP) is 5.54. The number of anilines is 2. The number of benzene rings is 2. The van der Waals surface area contributed by atoms with Crippen LogP contribution in [0.5, 0.6) is 11.8 Å². The molecule has 1 aliphatic heterocycles. The highest BCUT2D eigenvalue weighted by Crippen LogP contribution is 2.34. The predicted molar refractivity (Wildman–Crippen MR) is 130 cm³/mol. The fourth-order valence-corrected chi connectivity index (χ4v) is 3.94. The number of rotatable bonds is 7. The minimum atomic E-state index is 0.127. The van der Waals surface area contributed by atoms with Gasteiger partial charge in [-0.25, -0.2) is 15.0 Å². The highest BCUT2D eigenvalue weighted by Gasteiger charge is 2.18. The molecular weight excluding hydrogens is 487 g/mol. The van der Waals surface area contributed by atoms with Gasteiger partial charge in [0.2, 0.25) is 5.95 Å². The third-order valence-electron chi connectivity index (χ3n) is 5.23. The number of fused-ring (bicyclic) bond motifs is 1. The number of imidazole rings is 1. The number of nitrogens with one attached hydrogen (secondary N) is 2. The molecule has 33 heavy (non-hydrogen) atoms. The summed E-state index contributed by atoms with van der Waals surface area (Å²) < 4.78 is 12.9. The van der Waals surface area contributed by atoms with Gasteiger partial charge in [0.15, 0.2) is 5.75 Å². The lowest BCUT2D eigenvalue weighted by atomic mass is 10.2. The molecule has 5 rings (SSSR count). The molecule has 2 N–H and O–H groups in total. The third-order valence-corrected chi connectivity index (χ3v) is 6.07. The van der Waals surface area contributed by atoms with Crippen molar-refractivity contribution in [1.29, 1.82) is 0 Å². The first-order valence-electron chi connectivity index (χ1n) is 10.1. The lowest BCUT2D eigenvalue weighted by Gasteiger charge is -2.27. The van der Waals surface area contributed by atoms with E-state index >= 15 is 0 Å². The Morgan fingerprint density at radius 3 is 2.61 bits per heavy atom. The minimum Gasteiger partial charge on any atom is -0.423 e. The molecule has 0 atom stereocenters. The molecule has 0 amide bonds. The average molecular weight is 506 g/mol. The molecule has 170 valence electrons. The Morgan fingerprint density at radius 1 is 1.09 bits per heavy atom. The molecular formula is C22H19Cl3N6O2. The Hall–Kier alpha value is -2.78. The average Bonchev–Trinajstić information content (AvgIpc) is 3.09. The van der Waals surface area contributed by atoms with Gasteiger partial charge >= 0.3 is 6.01 Å². The van der Waals surface area contributed by atoms with Crippen molar-refractivity contribution in [3.8, 4) is 11.8 Å². The van der Waals surface area contributed by atoms with E-state index in [1.807, 2.05) is 23.7 Å². The summed E-state index contributed by atoms with van der Waals surface area (Å²) in [4.78, 5) is 12.7. The van der Waals surface area contributed by atoms with E-state index in [1.165, 1.54) is 12.4 Å². The van der Waals surface area contributed by atoms with Crippen molar-refractivity contribution in [3.05, 3.63) is 63.4 Å². The first kappa shape index (κ1) is 22.0. The molecule has 0 bridgehead atoms. The van der Waals surface area contributed by atoms with Gasteiger partial charge in [-0.1, -0.05) is 34.8 Å².